The summed E-state index contributed by atoms with van der Waals surface area (Å²) in [4.78, 5) is 0. The molecule has 0 unspecified atom stereocenters. The summed E-state index contributed by atoms with van der Waals surface area (Å²) in [5, 5.41) is 5.09. The third kappa shape index (κ3) is 1.03. The quantitative estimate of drug-likeness (QED) is 0.734. The zero-order valence-corrected chi connectivity index (χ0v) is 9.37. The van der Waals surface area contributed by atoms with Crippen LogP contribution >= 0.6 is 0 Å². The van der Waals surface area contributed by atoms with Crippen LogP contribution in [0.25, 0.3) is 0 Å². The Labute approximate surface area is 86.9 Å². The molecule has 0 aromatic rings. The molecule has 0 aromatic heterocycles. The lowest BCUT2D eigenvalue weighted by atomic mass is 9.72. The third-order valence-corrected chi connectivity index (χ3v) is 4.36. The molecule has 0 aromatic carbocycles. The molecular formula is C11H20O3. The van der Waals surface area contributed by atoms with Crippen LogP contribution in [0.4, 0.5) is 0 Å². The highest BCUT2D eigenvalue weighted by Gasteiger charge is 2.64. The molecule has 1 aliphatic carbocycles. The Morgan fingerprint density at radius 2 is 2.29 bits per heavy atom. The number of hydrogen-bond acceptors (Lipinski definition) is 3. The fourth-order valence-electron chi connectivity index (χ4n) is 2.81. The number of ether oxygens (including phenoxy) is 2. The first-order valence-corrected chi connectivity index (χ1v) is 5.32. The van der Waals surface area contributed by atoms with Gasteiger partial charge in [-0.1, -0.05) is 13.8 Å². The molecule has 1 aliphatic heterocycles. The lowest BCUT2D eigenvalue weighted by molar-refractivity contribution is -0.0884. The molecule has 3 nitrogen and oxygen atoms in total. The van der Waals surface area contributed by atoms with Crippen molar-refractivity contribution in [1.29, 1.82) is 1.43 Å². The summed E-state index contributed by atoms with van der Waals surface area (Å²) in [6.45, 7) is 6.28. The summed E-state index contributed by atoms with van der Waals surface area (Å²) in [5.74, 6) is 0. The van der Waals surface area contributed by atoms with Gasteiger partial charge in [0.1, 0.15) is 11.7 Å². The molecule has 3 heteroatoms. The van der Waals surface area contributed by atoms with Crippen LogP contribution in [0, 0.1) is 5.41 Å². The van der Waals surface area contributed by atoms with E-state index in [0.717, 1.165) is 12.8 Å². The summed E-state index contributed by atoms with van der Waals surface area (Å²) >= 11 is 0. The van der Waals surface area contributed by atoms with Crippen molar-refractivity contribution in [1.82, 2.24) is 0 Å². The van der Waals surface area contributed by atoms with Crippen molar-refractivity contribution in [2.24, 2.45) is 5.41 Å². The zero-order valence-electron chi connectivity index (χ0n) is 10.4. The standard InChI is InChI=1S/C11H20O3/c1-7-10(2,3)11(12)6-5-8(13-4)9(11)14-7/h7-9,12H,5-6H2,1-4H3/t7-,8-,9-,11+/m0/s1/i12T. The van der Waals surface area contributed by atoms with Crippen LogP contribution in [0.1, 0.15) is 33.6 Å². The fraction of sp³-hybridized carbons (Fsp3) is 1.00. The molecule has 0 radical (unpaired) electrons. The van der Waals surface area contributed by atoms with E-state index in [1.54, 1.807) is 7.11 Å². The van der Waals surface area contributed by atoms with Gasteiger partial charge in [0.15, 0.2) is 0 Å². The smallest absolute Gasteiger partial charge is 0.211 e. The van der Waals surface area contributed by atoms with Crippen molar-refractivity contribution < 1.29 is 14.6 Å². The molecule has 14 heavy (non-hydrogen) atoms. The van der Waals surface area contributed by atoms with E-state index >= 15 is 0 Å². The summed E-state index contributed by atoms with van der Waals surface area (Å²) < 4.78 is 18.7. The minimum atomic E-state index is -0.493. The fourth-order valence-corrected chi connectivity index (χ4v) is 2.81. The van der Waals surface area contributed by atoms with Crippen LogP contribution in [0.3, 0.4) is 0 Å². The topological polar surface area (TPSA) is 38.7 Å². The molecule has 1 heterocycles. The molecule has 2 rings (SSSR count). The summed E-state index contributed by atoms with van der Waals surface area (Å²) in [6.07, 6.45) is 1.84. The largest absolute Gasteiger partial charge is 0.386 e. The second-order valence-corrected chi connectivity index (χ2v) is 5.12. The summed E-state index contributed by atoms with van der Waals surface area (Å²) in [5.41, 5.74) is -0.625. The Balaban J connectivity index is 2.35. The van der Waals surface area contributed by atoms with Gasteiger partial charge >= 0.3 is 0 Å². The van der Waals surface area contributed by atoms with Crippen molar-refractivity contribution in [3.8, 4) is 0 Å². The average Bonchev–Trinajstić information content (AvgIpc) is 2.64. The van der Waals surface area contributed by atoms with Gasteiger partial charge in [0.05, 0.1) is 12.2 Å². The van der Waals surface area contributed by atoms with E-state index in [-0.39, 0.29) is 23.7 Å². The van der Waals surface area contributed by atoms with Crippen LogP contribution in [-0.4, -0.2) is 37.6 Å². The highest BCUT2D eigenvalue weighted by Crippen LogP contribution is 2.54. The molecule has 1 saturated heterocycles. The number of methoxy groups -OCH3 is 1. The molecule has 0 spiro atoms. The molecule has 4 atom stereocenters. The Kier molecular flexibility index (Phi) is 1.92. The van der Waals surface area contributed by atoms with Gasteiger partial charge in [0, 0.05) is 12.5 Å². The van der Waals surface area contributed by atoms with Gasteiger partial charge in [-0.05, 0) is 19.8 Å². The highest BCUT2D eigenvalue weighted by atomic mass is 16.6. The van der Waals surface area contributed by atoms with Crippen LogP contribution in [0.2, 0.25) is 0 Å². The van der Waals surface area contributed by atoms with Crippen molar-refractivity contribution in [2.75, 3.05) is 7.11 Å². The van der Waals surface area contributed by atoms with Crippen LogP contribution in [0.15, 0.2) is 0 Å². The normalized spacial score (nSPS) is 51.7. The molecule has 2 aliphatic rings. The maximum absolute atomic E-state index is 7.39. The molecule has 0 bridgehead atoms. The van der Waals surface area contributed by atoms with E-state index in [0.29, 0.717) is 0 Å². The molecular weight excluding hydrogens is 180 g/mol. The minimum Gasteiger partial charge on any atom is -0.386 e. The zero-order chi connectivity index (χ0) is 11.3. The first kappa shape index (κ1) is 9.13. The van der Waals surface area contributed by atoms with Crippen LogP contribution in [-0.2, 0) is 9.47 Å². The lowest BCUT2D eigenvalue weighted by Crippen LogP contribution is -2.48. The van der Waals surface area contributed by atoms with Gasteiger partial charge in [-0.2, -0.15) is 0 Å². The van der Waals surface area contributed by atoms with Crippen molar-refractivity contribution in [3.63, 3.8) is 0 Å². The Morgan fingerprint density at radius 3 is 2.86 bits per heavy atom. The van der Waals surface area contributed by atoms with E-state index in [1.807, 2.05) is 6.92 Å². The molecule has 82 valence electrons. The summed E-state index contributed by atoms with van der Waals surface area (Å²) in [7, 11) is 1.70. The van der Waals surface area contributed by atoms with Gasteiger partial charge in [-0.15, -0.1) is 0 Å². The van der Waals surface area contributed by atoms with Gasteiger partial charge < -0.3 is 14.6 Å². The van der Waals surface area contributed by atoms with Gasteiger partial charge in [0.25, 0.3) is 0 Å². The molecule has 1 saturated carbocycles. The van der Waals surface area contributed by atoms with E-state index in [9.17, 15) is 0 Å². The first-order valence-electron chi connectivity index (χ1n) is 5.73. The molecule has 2 fully saturated rings. The van der Waals surface area contributed by atoms with E-state index < -0.39 is 5.60 Å². The maximum Gasteiger partial charge on any atom is 0.211 e. The van der Waals surface area contributed by atoms with Gasteiger partial charge in [-0.3, -0.25) is 0 Å². The minimum absolute atomic E-state index is 0.0691. The number of fused-ring (bicyclic) bond motifs is 1. The number of hydrogen-bond donors (Lipinski definition) is 1. The molecule has 0 amide bonds. The summed E-state index contributed by atoms with van der Waals surface area (Å²) in [6, 6.07) is 0. The Morgan fingerprint density at radius 1 is 1.57 bits per heavy atom. The predicted molar refractivity (Wildman–Crippen MR) is 53.1 cm³/mol. The SMILES string of the molecule is [3H]O[C@]12CC[C@H](OC)[C@@H]1O[C@@H](C)C2(C)C. The Hall–Kier alpha value is -0.120. The second-order valence-electron chi connectivity index (χ2n) is 5.12. The van der Waals surface area contributed by atoms with Crippen molar-refractivity contribution in [2.45, 2.75) is 57.5 Å². The second kappa shape index (κ2) is 2.94. The van der Waals surface area contributed by atoms with Crippen molar-refractivity contribution in [3.05, 3.63) is 0 Å². The van der Waals surface area contributed by atoms with Gasteiger partial charge in [0.2, 0.25) is 1.43 Å². The van der Waals surface area contributed by atoms with Gasteiger partial charge in [-0.25, -0.2) is 0 Å². The predicted octanol–water partition coefficient (Wildman–Crippen LogP) is 1.34. The van der Waals surface area contributed by atoms with Crippen LogP contribution < -0.4 is 0 Å². The lowest BCUT2D eigenvalue weighted by Gasteiger charge is -2.36. The number of rotatable bonds is 2. The average molecular weight is 202 g/mol. The van der Waals surface area contributed by atoms with E-state index in [2.05, 4.69) is 13.8 Å². The third-order valence-electron chi connectivity index (χ3n) is 4.36. The first-order chi connectivity index (χ1) is 6.99. The number of aliphatic hydroxyl groups is 1. The maximum atomic E-state index is 7.39. The highest BCUT2D eigenvalue weighted by molar-refractivity contribution is 5.13. The van der Waals surface area contributed by atoms with Crippen LogP contribution in [0.5, 0.6) is 0 Å². The van der Waals surface area contributed by atoms with Crippen molar-refractivity contribution >= 4 is 0 Å². The van der Waals surface area contributed by atoms with E-state index in [1.165, 1.54) is 0 Å². The van der Waals surface area contributed by atoms with E-state index in [4.69, 9.17) is 16.0 Å². The Bertz CT molecular complexity index is 256. The molecule has 1 N–H and O–H groups in total. The monoisotopic (exact) mass is 202 g/mol.